The van der Waals surface area contributed by atoms with Crippen LogP contribution in [0, 0.1) is 0 Å². The number of carbonyl (C=O) groups excluding carboxylic acids is 1. The van der Waals surface area contributed by atoms with E-state index in [1.54, 1.807) is 0 Å². The fourth-order valence-corrected chi connectivity index (χ4v) is 3.54. The number of benzene rings is 1. The van der Waals surface area contributed by atoms with Crippen molar-refractivity contribution in [3.05, 3.63) is 23.8 Å². The molecule has 0 aromatic heterocycles. The molecule has 2 fully saturated rings. The number of hydrogen-bond donors (Lipinski definition) is 1. The average Bonchev–Trinajstić information content (AvgIpc) is 3.24. The van der Waals surface area contributed by atoms with Crippen molar-refractivity contribution in [2.24, 2.45) is 0 Å². The van der Waals surface area contributed by atoms with Crippen molar-refractivity contribution in [3.63, 3.8) is 0 Å². The van der Waals surface area contributed by atoms with Gasteiger partial charge in [0.15, 0.2) is 11.5 Å². The summed E-state index contributed by atoms with van der Waals surface area (Å²) in [5.41, 5.74) is 0.621. The van der Waals surface area contributed by atoms with Crippen molar-refractivity contribution in [2.75, 3.05) is 46.1 Å². The van der Waals surface area contributed by atoms with E-state index in [2.05, 4.69) is 10.2 Å². The lowest BCUT2D eigenvalue weighted by molar-refractivity contribution is 0.0769. The Hall–Kier alpha value is -1.50. The number of piperazine rings is 1. The molecule has 1 atom stereocenters. The highest BCUT2D eigenvalue weighted by Crippen LogP contribution is 2.36. The highest BCUT2D eigenvalue weighted by molar-refractivity contribution is 5.98. The molecule has 0 aliphatic carbocycles. The Balaban J connectivity index is 0.00000156. The number of rotatable bonds is 2. The monoisotopic (exact) mass is 339 g/mol. The number of para-hydroxylation sites is 1. The van der Waals surface area contributed by atoms with E-state index in [9.17, 15) is 4.79 Å². The fourth-order valence-electron chi connectivity index (χ4n) is 3.54. The standard InChI is InChI=1S/C16H21N3O3.ClH/c20-16(13-2-1-3-14-15(13)22-11-21-14)19-7-4-12(10-19)18-8-5-17-6-9-18;/h1-3,12,17H,4-11H2;1H. The lowest BCUT2D eigenvalue weighted by Crippen LogP contribution is -2.49. The van der Waals surface area contributed by atoms with Gasteiger partial charge in [-0.15, -0.1) is 12.4 Å². The van der Waals surface area contributed by atoms with Crippen LogP contribution in [0.15, 0.2) is 18.2 Å². The lowest BCUT2D eigenvalue weighted by atomic mass is 10.1. The molecule has 1 aromatic carbocycles. The Morgan fingerprint density at radius 3 is 2.83 bits per heavy atom. The summed E-state index contributed by atoms with van der Waals surface area (Å²) < 4.78 is 10.8. The van der Waals surface area contributed by atoms with Gasteiger partial charge < -0.3 is 19.7 Å². The van der Waals surface area contributed by atoms with Crippen LogP contribution in [-0.4, -0.2) is 67.8 Å². The Labute approximate surface area is 142 Å². The highest BCUT2D eigenvalue weighted by Gasteiger charge is 2.33. The third-order valence-corrected chi connectivity index (χ3v) is 4.75. The maximum absolute atomic E-state index is 12.8. The summed E-state index contributed by atoms with van der Waals surface area (Å²) in [6.45, 7) is 6.06. The molecule has 23 heavy (non-hydrogen) atoms. The minimum atomic E-state index is 0. The van der Waals surface area contributed by atoms with Gasteiger partial charge in [-0.2, -0.15) is 0 Å². The normalized spacial score (nSPS) is 23.7. The van der Waals surface area contributed by atoms with E-state index in [0.717, 1.165) is 45.7 Å². The topological polar surface area (TPSA) is 54.0 Å². The fraction of sp³-hybridized carbons (Fsp3) is 0.562. The molecule has 0 bridgehead atoms. The summed E-state index contributed by atoms with van der Waals surface area (Å²) in [6.07, 6.45) is 1.05. The van der Waals surface area contributed by atoms with Crippen LogP contribution in [0.2, 0.25) is 0 Å². The van der Waals surface area contributed by atoms with Gasteiger partial charge in [0.05, 0.1) is 5.56 Å². The number of ether oxygens (including phenoxy) is 2. The first-order valence-corrected chi connectivity index (χ1v) is 7.95. The van der Waals surface area contributed by atoms with Crippen molar-refractivity contribution in [3.8, 4) is 11.5 Å². The second kappa shape index (κ2) is 6.95. The SMILES string of the molecule is Cl.O=C(c1cccc2c1OCO2)N1CCC(N2CCNCC2)C1. The van der Waals surface area contributed by atoms with Gasteiger partial charge in [0.25, 0.3) is 5.91 Å². The van der Waals surface area contributed by atoms with Crippen LogP contribution in [-0.2, 0) is 0 Å². The average molecular weight is 340 g/mol. The van der Waals surface area contributed by atoms with Gasteiger partial charge in [0.2, 0.25) is 6.79 Å². The number of amides is 1. The number of fused-ring (bicyclic) bond motifs is 1. The van der Waals surface area contributed by atoms with Gasteiger partial charge in [0.1, 0.15) is 0 Å². The maximum Gasteiger partial charge on any atom is 0.257 e. The van der Waals surface area contributed by atoms with Crippen molar-refractivity contribution in [2.45, 2.75) is 12.5 Å². The summed E-state index contributed by atoms with van der Waals surface area (Å²) in [7, 11) is 0. The van der Waals surface area contributed by atoms with Crippen LogP contribution < -0.4 is 14.8 Å². The summed E-state index contributed by atoms with van der Waals surface area (Å²) in [5.74, 6) is 1.32. The van der Waals surface area contributed by atoms with Gasteiger partial charge in [-0.05, 0) is 18.6 Å². The number of likely N-dealkylation sites (tertiary alicyclic amines) is 1. The third kappa shape index (κ3) is 3.11. The molecule has 6 nitrogen and oxygen atoms in total. The van der Waals surface area contributed by atoms with Gasteiger partial charge in [0, 0.05) is 45.3 Å². The quantitative estimate of drug-likeness (QED) is 0.869. The first-order chi connectivity index (χ1) is 10.8. The van der Waals surface area contributed by atoms with E-state index in [1.165, 1.54) is 0 Å². The molecule has 1 amide bonds. The van der Waals surface area contributed by atoms with Crippen LogP contribution in [0.4, 0.5) is 0 Å². The summed E-state index contributed by atoms with van der Waals surface area (Å²) in [6, 6.07) is 6.01. The predicted octanol–water partition coefficient (Wildman–Crippen LogP) is 0.957. The summed E-state index contributed by atoms with van der Waals surface area (Å²) in [4.78, 5) is 17.2. The molecule has 3 aliphatic rings. The van der Waals surface area contributed by atoms with Gasteiger partial charge >= 0.3 is 0 Å². The van der Waals surface area contributed by atoms with Crippen LogP contribution in [0.5, 0.6) is 11.5 Å². The molecule has 0 saturated carbocycles. The smallest absolute Gasteiger partial charge is 0.257 e. The number of hydrogen-bond acceptors (Lipinski definition) is 5. The van der Waals surface area contributed by atoms with Crippen molar-refractivity contribution < 1.29 is 14.3 Å². The summed E-state index contributed by atoms with van der Waals surface area (Å²) in [5, 5.41) is 3.37. The molecule has 126 valence electrons. The minimum Gasteiger partial charge on any atom is -0.454 e. The highest BCUT2D eigenvalue weighted by atomic mass is 35.5. The molecule has 1 N–H and O–H groups in total. The van der Waals surface area contributed by atoms with Crippen LogP contribution in [0.1, 0.15) is 16.8 Å². The summed E-state index contributed by atoms with van der Waals surface area (Å²) >= 11 is 0. The van der Waals surface area contributed by atoms with Crippen molar-refractivity contribution in [1.82, 2.24) is 15.1 Å². The van der Waals surface area contributed by atoms with Crippen LogP contribution in [0.25, 0.3) is 0 Å². The van der Waals surface area contributed by atoms with E-state index in [-0.39, 0.29) is 25.1 Å². The number of carbonyl (C=O) groups is 1. The predicted molar refractivity (Wildman–Crippen MR) is 88.6 cm³/mol. The molecule has 3 aliphatic heterocycles. The number of nitrogens with one attached hydrogen (secondary N) is 1. The Bertz CT molecular complexity index is 578. The molecule has 4 rings (SSSR count). The molecule has 0 spiro atoms. The third-order valence-electron chi connectivity index (χ3n) is 4.75. The largest absolute Gasteiger partial charge is 0.454 e. The second-order valence-corrected chi connectivity index (χ2v) is 6.02. The Morgan fingerprint density at radius 2 is 2.00 bits per heavy atom. The van der Waals surface area contributed by atoms with Gasteiger partial charge in [-0.25, -0.2) is 0 Å². The van der Waals surface area contributed by atoms with E-state index in [0.29, 0.717) is 23.1 Å². The van der Waals surface area contributed by atoms with Crippen LogP contribution >= 0.6 is 12.4 Å². The zero-order chi connectivity index (χ0) is 14.9. The Morgan fingerprint density at radius 1 is 1.17 bits per heavy atom. The van der Waals surface area contributed by atoms with Crippen molar-refractivity contribution >= 4 is 18.3 Å². The molecule has 1 aromatic rings. The lowest BCUT2D eigenvalue weighted by Gasteiger charge is -2.32. The molecular formula is C16H22ClN3O3. The minimum absolute atomic E-state index is 0. The molecule has 2 saturated heterocycles. The molecule has 3 heterocycles. The number of halogens is 1. The van der Waals surface area contributed by atoms with E-state index in [4.69, 9.17) is 9.47 Å². The first-order valence-electron chi connectivity index (χ1n) is 7.95. The molecule has 1 unspecified atom stereocenters. The molecular weight excluding hydrogens is 318 g/mol. The zero-order valence-corrected chi connectivity index (χ0v) is 13.8. The zero-order valence-electron chi connectivity index (χ0n) is 13.0. The Kier molecular flexibility index (Phi) is 4.94. The van der Waals surface area contributed by atoms with Gasteiger partial charge in [-0.1, -0.05) is 6.07 Å². The second-order valence-electron chi connectivity index (χ2n) is 6.02. The van der Waals surface area contributed by atoms with E-state index < -0.39 is 0 Å². The molecule has 7 heteroatoms. The van der Waals surface area contributed by atoms with E-state index in [1.807, 2.05) is 23.1 Å². The van der Waals surface area contributed by atoms with Crippen molar-refractivity contribution in [1.29, 1.82) is 0 Å². The van der Waals surface area contributed by atoms with Crippen LogP contribution in [0.3, 0.4) is 0 Å². The number of nitrogens with zero attached hydrogens (tertiary/aromatic N) is 2. The van der Waals surface area contributed by atoms with E-state index >= 15 is 0 Å². The van der Waals surface area contributed by atoms with Gasteiger partial charge in [-0.3, -0.25) is 9.69 Å². The first kappa shape index (κ1) is 16.4. The molecule has 0 radical (unpaired) electrons. The maximum atomic E-state index is 12.8.